The van der Waals surface area contributed by atoms with Gasteiger partial charge in [-0.3, -0.25) is 0 Å². The van der Waals surface area contributed by atoms with Crippen molar-refractivity contribution in [1.29, 1.82) is 0 Å². The van der Waals surface area contributed by atoms with Crippen LogP contribution in [0.4, 0.5) is 5.69 Å². The molecular formula is C11H14ClNO. The summed E-state index contributed by atoms with van der Waals surface area (Å²) in [5.41, 5.74) is 2.00. The lowest BCUT2D eigenvalue weighted by molar-refractivity contribution is 0.212. The molecule has 1 unspecified atom stereocenters. The molecule has 1 aromatic carbocycles. The Bertz CT molecular complexity index is 353. The van der Waals surface area contributed by atoms with Crippen molar-refractivity contribution in [3.8, 4) is 0 Å². The number of para-hydroxylation sites is 1. The Balaban J connectivity index is 2.38. The first-order chi connectivity index (χ1) is 6.64. The minimum atomic E-state index is -0.224. The fraction of sp³-hybridized carbons (Fsp3) is 0.455. The highest BCUT2D eigenvalue weighted by molar-refractivity contribution is 6.33. The number of aliphatic hydroxyl groups excluding tert-OH is 1. The number of anilines is 1. The second-order valence-corrected chi connectivity index (χ2v) is 4.52. The number of aryl methyl sites for hydroxylation is 1. The fourth-order valence-corrected chi connectivity index (χ4v) is 2.05. The van der Waals surface area contributed by atoms with Crippen LogP contribution in [0.1, 0.15) is 18.9 Å². The summed E-state index contributed by atoms with van der Waals surface area (Å²) in [5.74, 6) is 0. The predicted molar refractivity (Wildman–Crippen MR) is 58.9 cm³/mol. The second kappa shape index (κ2) is 3.44. The number of rotatable bonds is 1. The average Bonchev–Trinajstić information content (AvgIpc) is 2.20. The molecule has 1 atom stereocenters. The maximum atomic E-state index is 9.26. The van der Waals surface area contributed by atoms with E-state index in [-0.39, 0.29) is 12.1 Å². The largest absolute Gasteiger partial charge is 0.394 e. The first kappa shape index (κ1) is 9.81. The van der Waals surface area contributed by atoms with E-state index in [1.165, 1.54) is 5.56 Å². The summed E-state index contributed by atoms with van der Waals surface area (Å²) >= 11 is 6.08. The number of fused-ring (bicyclic) bond motifs is 1. The summed E-state index contributed by atoms with van der Waals surface area (Å²) in [6.45, 7) is 2.15. The van der Waals surface area contributed by atoms with Gasteiger partial charge in [0.2, 0.25) is 0 Å². The minimum Gasteiger partial charge on any atom is -0.394 e. The molecule has 0 fully saturated rings. The normalized spacial score (nSPS) is 25.4. The van der Waals surface area contributed by atoms with Crippen LogP contribution in [-0.4, -0.2) is 17.3 Å². The third-order valence-corrected chi connectivity index (χ3v) is 3.14. The molecule has 0 saturated heterocycles. The smallest absolute Gasteiger partial charge is 0.0658 e. The van der Waals surface area contributed by atoms with Crippen molar-refractivity contribution in [2.45, 2.75) is 25.3 Å². The predicted octanol–water partition coefficient (Wildman–Crippen LogP) is 2.45. The van der Waals surface area contributed by atoms with Crippen molar-refractivity contribution in [2.24, 2.45) is 0 Å². The van der Waals surface area contributed by atoms with Gasteiger partial charge in [0.15, 0.2) is 0 Å². The van der Waals surface area contributed by atoms with Crippen LogP contribution in [0.3, 0.4) is 0 Å². The summed E-state index contributed by atoms with van der Waals surface area (Å²) in [5, 5.41) is 13.3. The van der Waals surface area contributed by atoms with Crippen LogP contribution < -0.4 is 5.32 Å². The summed E-state index contributed by atoms with van der Waals surface area (Å²) < 4.78 is 0. The summed E-state index contributed by atoms with van der Waals surface area (Å²) in [6, 6.07) is 5.91. The highest BCUT2D eigenvalue weighted by atomic mass is 35.5. The van der Waals surface area contributed by atoms with Crippen LogP contribution in [0.5, 0.6) is 0 Å². The van der Waals surface area contributed by atoms with Gasteiger partial charge in [-0.2, -0.15) is 0 Å². The van der Waals surface area contributed by atoms with Gasteiger partial charge < -0.3 is 10.4 Å². The van der Waals surface area contributed by atoms with E-state index in [4.69, 9.17) is 11.6 Å². The number of benzene rings is 1. The van der Waals surface area contributed by atoms with Gasteiger partial charge in [0.05, 0.1) is 22.9 Å². The molecule has 0 amide bonds. The first-order valence-electron chi connectivity index (χ1n) is 4.81. The molecule has 0 radical (unpaired) electrons. The number of nitrogens with one attached hydrogen (secondary N) is 1. The van der Waals surface area contributed by atoms with E-state index in [9.17, 15) is 5.11 Å². The van der Waals surface area contributed by atoms with Crippen LogP contribution >= 0.6 is 11.6 Å². The highest BCUT2D eigenvalue weighted by Gasteiger charge is 2.29. The van der Waals surface area contributed by atoms with Crippen molar-refractivity contribution in [1.82, 2.24) is 0 Å². The van der Waals surface area contributed by atoms with E-state index in [1.807, 2.05) is 19.1 Å². The Labute approximate surface area is 88.9 Å². The number of aliphatic hydroxyl groups is 1. The molecule has 0 aromatic heterocycles. The molecular weight excluding hydrogens is 198 g/mol. The molecule has 0 saturated carbocycles. The zero-order chi connectivity index (χ0) is 10.2. The van der Waals surface area contributed by atoms with Crippen LogP contribution in [-0.2, 0) is 6.42 Å². The summed E-state index contributed by atoms with van der Waals surface area (Å²) in [6.07, 6.45) is 1.91. The van der Waals surface area contributed by atoms with E-state index in [2.05, 4.69) is 11.4 Å². The third kappa shape index (κ3) is 1.60. The Morgan fingerprint density at radius 3 is 3.07 bits per heavy atom. The Morgan fingerprint density at radius 1 is 1.57 bits per heavy atom. The molecule has 0 aliphatic carbocycles. The molecule has 1 heterocycles. The monoisotopic (exact) mass is 211 g/mol. The van der Waals surface area contributed by atoms with Crippen molar-refractivity contribution in [3.63, 3.8) is 0 Å². The maximum Gasteiger partial charge on any atom is 0.0658 e. The Kier molecular flexibility index (Phi) is 2.41. The van der Waals surface area contributed by atoms with Gasteiger partial charge in [0.25, 0.3) is 0 Å². The molecule has 14 heavy (non-hydrogen) atoms. The quantitative estimate of drug-likeness (QED) is 0.748. The Hall–Kier alpha value is -0.730. The lowest BCUT2D eigenvalue weighted by atomic mass is 9.88. The molecule has 2 rings (SSSR count). The number of halogens is 1. The minimum absolute atomic E-state index is 0.137. The van der Waals surface area contributed by atoms with Crippen molar-refractivity contribution in [2.75, 3.05) is 11.9 Å². The van der Waals surface area contributed by atoms with Crippen LogP contribution in [0.15, 0.2) is 18.2 Å². The van der Waals surface area contributed by atoms with Gasteiger partial charge in [-0.1, -0.05) is 23.7 Å². The third-order valence-electron chi connectivity index (χ3n) is 2.82. The molecule has 3 heteroatoms. The first-order valence-corrected chi connectivity index (χ1v) is 5.19. The van der Waals surface area contributed by atoms with E-state index in [0.29, 0.717) is 0 Å². The zero-order valence-electron chi connectivity index (χ0n) is 8.18. The van der Waals surface area contributed by atoms with E-state index in [0.717, 1.165) is 23.6 Å². The van der Waals surface area contributed by atoms with Gasteiger partial charge >= 0.3 is 0 Å². The zero-order valence-corrected chi connectivity index (χ0v) is 8.93. The average molecular weight is 212 g/mol. The topological polar surface area (TPSA) is 32.3 Å². The van der Waals surface area contributed by atoms with Crippen LogP contribution in [0, 0.1) is 0 Å². The SMILES string of the molecule is CC1(CO)CCc2cccc(Cl)c2N1. The van der Waals surface area contributed by atoms with E-state index >= 15 is 0 Å². The lowest BCUT2D eigenvalue weighted by Gasteiger charge is -2.35. The van der Waals surface area contributed by atoms with Crippen molar-refractivity contribution < 1.29 is 5.11 Å². The number of hydrogen-bond acceptors (Lipinski definition) is 2. The molecule has 1 aliphatic rings. The second-order valence-electron chi connectivity index (χ2n) is 4.12. The number of hydrogen-bond donors (Lipinski definition) is 2. The van der Waals surface area contributed by atoms with Gasteiger partial charge in [-0.05, 0) is 31.4 Å². The van der Waals surface area contributed by atoms with E-state index in [1.54, 1.807) is 0 Å². The molecule has 2 N–H and O–H groups in total. The van der Waals surface area contributed by atoms with Gasteiger partial charge in [-0.15, -0.1) is 0 Å². The van der Waals surface area contributed by atoms with Gasteiger partial charge in [0, 0.05) is 0 Å². The molecule has 1 aromatic rings. The van der Waals surface area contributed by atoms with Crippen LogP contribution in [0.2, 0.25) is 5.02 Å². The molecule has 2 nitrogen and oxygen atoms in total. The molecule has 1 aliphatic heterocycles. The lowest BCUT2D eigenvalue weighted by Crippen LogP contribution is -2.42. The van der Waals surface area contributed by atoms with Crippen LogP contribution in [0.25, 0.3) is 0 Å². The van der Waals surface area contributed by atoms with E-state index < -0.39 is 0 Å². The van der Waals surface area contributed by atoms with Gasteiger partial charge in [-0.25, -0.2) is 0 Å². The molecule has 0 bridgehead atoms. The fourth-order valence-electron chi connectivity index (χ4n) is 1.81. The summed E-state index contributed by atoms with van der Waals surface area (Å²) in [4.78, 5) is 0. The van der Waals surface area contributed by atoms with Crippen molar-refractivity contribution >= 4 is 17.3 Å². The Morgan fingerprint density at radius 2 is 2.36 bits per heavy atom. The standard InChI is InChI=1S/C11H14ClNO/c1-11(7-14)6-5-8-3-2-4-9(12)10(8)13-11/h2-4,13-14H,5-7H2,1H3. The maximum absolute atomic E-state index is 9.26. The summed E-state index contributed by atoms with van der Waals surface area (Å²) in [7, 11) is 0. The molecule has 0 spiro atoms. The highest BCUT2D eigenvalue weighted by Crippen LogP contribution is 2.35. The van der Waals surface area contributed by atoms with Gasteiger partial charge in [0.1, 0.15) is 0 Å². The van der Waals surface area contributed by atoms with Crippen molar-refractivity contribution in [3.05, 3.63) is 28.8 Å². The molecule has 76 valence electrons.